The van der Waals surface area contributed by atoms with Gasteiger partial charge in [0.15, 0.2) is 5.13 Å². The zero-order valence-electron chi connectivity index (χ0n) is 20.1. The highest BCUT2D eigenvalue weighted by atomic mass is 35.5. The maximum absolute atomic E-state index is 13.5. The third kappa shape index (κ3) is 3.94. The van der Waals surface area contributed by atoms with Crippen LogP contribution in [0.4, 0.5) is 5.13 Å². The van der Waals surface area contributed by atoms with Crippen LogP contribution in [0.15, 0.2) is 60.2 Å². The smallest absolute Gasteiger partial charge is 0.301 e. The van der Waals surface area contributed by atoms with Crippen LogP contribution in [0.2, 0.25) is 5.02 Å². The van der Waals surface area contributed by atoms with E-state index < -0.39 is 17.7 Å². The summed E-state index contributed by atoms with van der Waals surface area (Å²) in [6.07, 6.45) is 0. The van der Waals surface area contributed by atoms with E-state index in [1.54, 1.807) is 49.6 Å². The van der Waals surface area contributed by atoms with Crippen molar-refractivity contribution in [1.82, 2.24) is 4.98 Å². The maximum Gasteiger partial charge on any atom is 0.301 e. The number of aromatic nitrogens is 1. The quantitative estimate of drug-likeness (QED) is 0.189. The molecule has 0 saturated carbocycles. The maximum atomic E-state index is 13.5. The van der Waals surface area contributed by atoms with Gasteiger partial charge in [-0.15, -0.1) is 0 Å². The van der Waals surface area contributed by atoms with Crippen molar-refractivity contribution < 1.29 is 19.4 Å². The lowest BCUT2D eigenvalue weighted by atomic mass is 9.95. The number of hydrogen-bond donors (Lipinski definition) is 1. The lowest BCUT2D eigenvalue weighted by Crippen LogP contribution is -2.29. The van der Waals surface area contributed by atoms with E-state index in [0.717, 1.165) is 26.9 Å². The molecule has 182 valence electrons. The number of aliphatic hydroxyl groups is 1. The van der Waals surface area contributed by atoms with Crippen LogP contribution >= 0.6 is 22.9 Å². The van der Waals surface area contributed by atoms with Crippen molar-refractivity contribution >= 4 is 55.7 Å². The van der Waals surface area contributed by atoms with Gasteiger partial charge in [0.25, 0.3) is 5.78 Å². The predicted octanol–water partition coefficient (Wildman–Crippen LogP) is 6.51. The Hall–Kier alpha value is -3.68. The Morgan fingerprint density at radius 3 is 2.42 bits per heavy atom. The number of halogens is 1. The minimum Gasteiger partial charge on any atom is -0.507 e. The number of Topliss-reactive ketones (excluding diaryl/α,β-unsaturated/α-hetero) is 1. The topological polar surface area (TPSA) is 79.7 Å². The summed E-state index contributed by atoms with van der Waals surface area (Å²) in [6, 6.07) is 15.2. The molecule has 1 aromatic heterocycles. The summed E-state index contributed by atoms with van der Waals surface area (Å²) >= 11 is 7.47. The molecule has 8 heteroatoms. The number of carbonyl (C=O) groups is 2. The fourth-order valence-corrected chi connectivity index (χ4v) is 5.93. The number of hydrogen-bond acceptors (Lipinski definition) is 6. The summed E-state index contributed by atoms with van der Waals surface area (Å²) in [7, 11) is 1.56. The number of fused-ring (bicyclic) bond motifs is 1. The van der Waals surface area contributed by atoms with Crippen LogP contribution in [0, 0.1) is 20.8 Å². The molecular weight excluding hydrogens is 496 g/mol. The van der Waals surface area contributed by atoms with Gasteiger partial charge in [0.1, 0.15) is 11.5 Å². The Kier molecular flexibility index (Phi) is 6.06. The van der Waals surface area contributed by atoms with Crippen molar-refractivity contribution in [1.29, 1.82) is 0 Å². The minimum atomic E-state index is -0.869. The number of nitrogens with zero attached hydrogens (tertiary/aromatic N) is 2. The summed E-state index contributed by atoms with van der Waals surface area (Å²) in [5.41, 5.74) is 4.69. The van der Waals surface area contributed by atoms with E-state index in [2.05, 4.69) is 0 Å². The molecule has 4 aromatic rings. The lowest BCUT2D eigenvalue weighted by molar-refractivity contribution is -0.132. The molecule has 0 spiro atoms. The standard InChI is InChI=1S/C28H23ClN2O4S/c1-14-11-16(3)23-21(12-14)36-28(30-23)31-24(17-5-8-19(29)9-6-17)22(26(33)27(31)34)25(32)18-7-10-20(35-4)15(2)13-18/h5-13,24,32H,1-4H3/t24-/m1/s1. The highest BCUT2D eigenvalue weighted by molar-refractivity contribution is 7.22. The van der Waals surface area contributed by atoms with Gasteiger partial charge in [0.2, 0.25) is 0 Å². The first-order chi connectivity index (χ1) is 17.2. The molecule has 0 aliphatic carbocycles. The van der Waals surface area contributed by atoms with Gasteiger partial charge in [0.05, 0.1) is 28.9 Å². The number of anilines is 1. The Labute approximate surface area is 217 Å². The number of aryl methyl sites for hydroxylation is 3. The van der Waals surface area contributed by atoms with Gasteiger partial charge >= 0.3 is 5.91 Å². The molecule has 1 fully saturated rings. The summed E-state index contributed by atoms with van der Waals surface area (Å²) in [5, 5.41) is 12.3. The highest BCUT2D eigenvalue weighted by Crippen LogP contribution is 2.45. The molecule has 1 aliphatic heterocycles. The summed E-state index contributed by atoms with van der Waals surface area (Å²) in [6.45, 7) is 5.81. The molecule has 1 atom stereocenters. The average Bonchev–Trinajstić information content (AvgIpc) is 3.38. The summed E-state index contributed by atoms with van der Waals surface area (Å²) in [5.74, 6) is -1.11. The normalized spacial score (nSPS) is 17.2. The van der Waals surface area contributed by atoms with Gasteiger partial charge in [0, 0.05) is 10.6 Å². The molecule has 36 heavy (non-hydrogen) atoms. The van der Waals surface area contributed by atoms with Gasteiger partial charge in [-0.3, -0.25) is 14.5 Å². The van der Waals surface area contributed by atoms with E-state index in [4.69, 9.17) is 21.3 Å². The van der Waals surface area contributed by atoms with Crippen LogP contribution in [0.1, 0.15) is 33.9 Å². The number of ether oxygens (including phenoxy) is 1. The number of benzene rings is 3. The van der Waals surface area contributed by atoms with Crippen molar-refractivity contribution in [3.63, 3.8) is 0 Å². The molecule has 0 bridgehead atoms. The molecular formula is C28H23ClN2O4S. The SMILES string of the molecule is COc1ccc(C(O)=C2C(=O)C(=O)N(c3nc4c(C)cc(C)cc4s3)[C@@H]2c2ccc(Cl)cc2)cc1C. The Balaban J connectivity index is 1.73. The molecule has 0 unspecified atom stereocenters. The monoisotopic (exact) mass is 518 g/mol. The van der Waals surface area contributed by atoms with Crippen LogP contribution in [0.3, 0.4) is 0 Å². The zero-order valence-corrected chi connectivity index (χ0v) is 21.7. The van der Waals surface area contributed by atoms with Gasteiger partial charge in [-0.25, -0.2) is 4.98 Å². The summed E-state index contributed by atoms with van der Waals surface area (Å²) < 4.78 is 6.24. The van der Waals surface area contributed by atoms with Crippen LogP contribution in [-0.2, 0) is 9.59 Å². The van der Waals surface area contributed by atoms with Crippen molar-refractivity contribution in [3.05, 3.63) is 93.0 Å². The van der Waals surface area contributed by atoms with Crippen molar-refractivity contribution in [2.45, 2.75) is 26.8 Å². The van der Waals surface area contributed by atoms with E-state index >= 15 is 0 Å². The van der Waals surface area contributed by atoms with Gasteiger partial charge < -0.3 is 9.84 Å². The Morgan fingerprint density at radius 2 is 1.75 bits per heavy atom. The molecule has 0 radical (unpaired) electrons. The molecule has 5 rings (SSSR count). The molecule has 1 amide bonds. The highest BCUT2D eigenvalue weighted by Gasteiger charge is 2.48. The summed E-state index contributed by atoms with van der Waals surface area (Å²) in [4.78, 5) is 33.0. The predicted molar refractivity (Wildman–Crippen MR) is 143 cm³/mol. The third-order valence-electron chi connectivity index (χ3n) is 6.32. The molecule has 3 aromatic carbocycles. The fraction of sp³-hybridized carbons (Fsp3) is 0.179. The number of aliphatic hydroxyl groups excluding tert-OH is 1. The van der Waals surface area contributed by atoms with Crippen LogP contribution in [0.5, 0.6) is 5.75 Å². The second-order valence-corrected chi connectivity index (χ2v) is 10.3. The van der Waals surface area contributed by atoms with Gasteiger partial charge in [-0.1, -0.05) is 41.1 Å². The Morgan fingerprint density at radius 1 is 1.03 bits per heavy atom. The van der Waals surface area contributed by atoms with Crippen molar-refractivity contribution in [2.24, 2.45) is 0 Å². The molecule has 1 N–H and O–H groups in total. The van der Waals surface area contributed by atoms with E-state index in [1.807, 2.05) is 32.9 Å². The zero-order chi connectivity index (χ0) is 25.7. The Bertz CT molecular complexity index is 1570. The van der Waals surface area contributed by atoms with Crippen molar-refractivity contribution in [3.8, 4) is 5.75 Å². The van der Waals surface area contributed by atoms with E-state index in [1.165, 1.54) is 16.2 Å². The number of methoxy groups -OCH3 is 1. The molecule has 6 nitrogen and oxygen atoms in total. The van der Waals surface area contributed by atoms with Crippen molar-refractivity contribution in [2.75, 3.05) is 12.0 Å². The number of carbonyl (C=O) groups excluding carboxylic acids is 2. The molecule has 1 saturated heterocycles. The number of rotatable bonds is 4. The van der Waals surface area contributed by atoms with Crippen LogP contribution in [-0.4, -0.2) is 28.9 Å². The number of ketones is 1. The number of thiazole rings is 1. The average molecular weight is 519 g/mol. The first kappa shape index (κ1) is 24.0. The third-order valence-corrected chi connectivity index (χ3v) is 7.58. The molecule has 2 heterocycles. The second kappa shape index (κ2) is 9.08. The van der Waals surface area contributed by atoms with Gasteiger partial charge in [-0.2, -0.15) is 0 Å². The first-order valence-electron chi connectivity index (χ1n) is 11.3. The minimum absolute atomic E-state index is 0.000882. The largest absolute Gasteiger partial charge is 0.507 e. The van der Waals surface area contributed by atoms with E-state index in [0.29, 0.717) is 27.0 Å². The van der Waals surface area contributed by atoms with E-state index in [9.17, 15) is 14.7 Å². The fourth-order valence-electron chi connectivity index (χ4n) is 4.63. The lowest BCUT2D eigenvalue weighted by Gasteiger charge is -2.23. The second-order valence-electron chi connectivity index (χ2n) is 8.83. The molecule has 1 aliphatic rings. The van der Waals surface area contributed by atoms with E-state index in [-0.39, 0.29) is 11.3 Å². The number of amides is 1. The van der Waals surface area contributed by atoms with Crippen LogP contribution < -0.4 is 9.64 Å². The van der Waals surface area contributed by atoms with Gasteiger partial charge in [-0.05, 0) is 79.4 Å². The van der Waals surface area contributed by atoms with Crippen LogP contribution in [0.25, 0.3) is 16.0 Å². The first-order valence-corrected chi connectivity index (χ1v) is 12.5.